The van der Waals surface area contributed by atoms with E-state index in [0.29, 0.717) is 22.7 Å². The molecule has 144 valence electrons. The number of carbonyl (C=O) groups excluding carboxylic acids is 2. The molecule has 29 heavy (non-hydrogen) atoms. The number of nitrogens with one attached hydrogen (secondary N) is 3. The Hall–Kier alpha value is -4.13. The number of nitrogens with zero attached hydrogens (tertiary/aromatic N) is 1. The summed E-state index contributed by atoms with van der Waals surface area (Å²) < 4.78 is 5.81. The van der Waals surface area contributed by atoms with Crippen molar-refractivity contribution in [2.45, 2.75) is 0 Å². The van der Waals surface area contributed by atoms with Gasteiger partial charge in [0.25, 0.3) is 11.8 Å². The van der Waals surface area contributed by atoms with E-state index in [9.17, 15) is 9.59 Å². The lowest BCUT2D eigenvalue weighted by molar-refractivity contribution is 0.0957. The number of fused-ring (bicyclic) bond motifs is 1. The van der Waals surface area contributed by atoms with Gasteiger partial charge in [-0.3, -0.25) is 14.6 Å². The van der Waals surface area contributed by atoms with Crippen molar-refractivity contribution in [2.24, 2.45) is 0 Å². The van der Waals surface area contributed by atoms with E-state index in [4.69, 9.17) is 4.74 Å². The summed E-state index contributed by atoms with van der Waals surface area (Å²) in [6.45, 7) is 0. The highest BCUT2D eigenvalue weighted by atomic mass is 16.5. The molecule has 0 aliphatic heterocycles. The number of aromatic amines is 1. The molecule has 2 aromatic carbocycles. The average molecular weight is 386 g/mol. The van der Waals surface area contributed by atoms with Crippen LogP contribution < -0.4 is 15.4 Å². The van der Waals surface area contributed by atoms with Gasteiger partial charge in [0, 0.05) is 36.5 Å². The van der Waals surface area contributed by atoms with Gasteiger partial charge >= 0.3 is 0 Å². The van der Waals surface area contributed by atoms with E-state index < -0.39 is 0 Å². The molecule has 2 heterocycles. The third-order valence-electron chi connectivity index (χ3n) is 4.36. The van der Waals surface area contributed by atoms with Crippen LogP contribution in [0.3, 0.4) is 0 Å². The number of anilines is 1. The normalized spacial score (nSPS) is 10.5. The number of hydrogen-bond donors (Lipinski definition) is 3. The Labute approximate surface area is 166 Å². The Kier molecular flexibility index (Phi) is 4.94. The Bertz CT molecular complexity index is 1200. The first-order chi connectivity index (χ1) is 14.1. The van der Waals surface area contributed by atoms with Crippen LogP contribution in [0, 0.1) is 0 Å². The van der Waals surface area contributed by atoms with Crippen LogP contribution >= 0.6 is 0 Å². The zero-order chi connectivity index (χ0) is 20.2. The molecular weight excluding hydrogens is 368 g/mol. The standard InChI is InChI=1S/C22H18N4O3/c1-23-22(28)19-13-17(9-11-24-19)29-16-6-2-5-15(12-16)21(27)26-18-7-3-4-14-8-10-25-20(14)18/h2-13,25H,1H3,(H,23,28)(H,26,27). The molecule has 0 saturated heterocycles. The SMILES string of the molecule is CNC(=O)c1cc(Oc2cccc(C(=O)Nc3cccc4cc[nH]c34)c2)ccn1. The Morgan fingerprint density at radius 3 is 2.66 bits per heavy atom. The predicted octanol–water partition coefficient (Wildman–Crippen LogP) is 3.97. The second-order valence-electron chi connectivity index (χ2n) is 6.29. The highest BCUT2D eigenvalue weighted by Crippen LogP contribution is 2.25. The van der Waals surface area contributed by atoms with Gasteiger partial charge in [-0.05, 0) is 36.4 Å². The summed E-state index contributed by atoms with van der Waals surface area (Å²) in [5.41, 5.74) is 2.27. The molecule has 0 aliphatic carbocycles. The lowest BCUT2D eigenvalue weighted by atomic mass is 10.2. The number of aromatic nitrogens is 2. The fourth-order valence-electron chi connectivity index (χ4n) is 2.95. The summed E-state index contributed by atoms with van der Waals surface area (Å²) >= 11 is 0. The third-order valence-corrected chi connectivity index (χ3v) is 4.36. The minimum absolute atomic E-state index is 0.248. The molecule has 0 fully saturated rings. The number of H-pyrrole nitrogens is 1. The first-order valence-electron chi connectivity index (χ1n) is 8.97. The van der Waals surface area contributed by atoms with E-state index in [1.54, 1.807) is 30.3 Å². The number of ether oxygens (including phenoxy) is 1. The summed E-state index contributed by atoms with van der Waals surface area (Å²) in [4.78, 5) is 31.6. The second kappa shape index (κ2) is 7.85. The zero-order valence-corrected chi connectivity index (χ0v) is 15.6. The number of carbonyl (C=O) groups is 2. The van der Waals surface area contributed by atoms with Crippen molar-refractivity contribution in [1.29, 1.82) is 0 Å². The highest BCUT2D eigenvalue weighted by molar-refractivity contribution is 6.08. The second-order valence-corrected chi connectivity index (χ2v) is 6.29. The molecule has 0 bridgehead atoms. The van der Waals surface area contributed by atoms with Gasteiger partial charge in [-0.1, -0.05) is 18.2 Å². The molecule has 4 aromatic rings. The fourth-order valence-corrected chi connectivity index (χ4v) is 2.95. The number of para-hydroxylation sites is 1. The van der Waals surface area contributed by atoms with Gasteiger partial charge in [-0.25, -0.2) is 0 Å². The van der Waals surface area contributed by atoms with Crippen LogP contribution in [0.25, 0.3) is 10.9 Å². The lowest BCUT2D eigenvalue weighted by Crippen LogP contribution is -2.18. The van der Waals surface area contributed by atoms with Crippen LogP contribution in [-0.2, 0) is 0 Å². The minimum atomic E-state index is -0.304. The van der Waals surface area contributed by atoms with Crippen LogP contribution in [-0.4, -0.2) is 28.8 Å². The van der Waals surface area contributed by atoms with Crippen molar-refractivity contribution in [2.75, 3.05) is 12.4 Å². The van der Waals surface area contributed by atoms with Crippen molar-refractivity contribution in [3.8, 4) is 11.5 Å². The minimum Gasteiger partial charge on any atom is -0.457 e. The van der Waals surface area contributed by atoms with Gasteiger partial charge in [0.15, 0.2) is 0 Å². The van der Waals surface area contributed by atoms with Crippen molar-refractivity contribution in [1.82, 2.24) is 15.3 Å². The summed E-state index contributed by atoms with van der Waals surface area (Å²) in [6.07, 6.45) is 3.32. The fraction of sp³-hybridized carbons (Fsp3) is 0.0455. The summed E-state index contributed by atoms with van der Waals surface area (Å²) in [6, 6.07) is 17.7. The predicted molar refractivity (Wildman–Crippen MR) is 110 cm³/mol. The van der Waals surface area contributed by atoms with E-state index >= 15 is 0 Å². The number of rotatable bonds is 5. The molecule has 0 unspecified atom stereocenters. The molecule has 7 heteroatoms. The molecule has 0 saturated carbocycles. The van der Waals surface area contributed by atoms with Crippen molar-refractivity contribution < 1.29 is 14.3 Å². The average Bonchev–Trinajstić information content (AvgIpc) is 3.23. The molecule has 0 radical (unpaired) electrons. The summed E-state index contributed by atoms with van der Waals surface area (Å²) in [5.74, 6) is 0.373. The Morgan fingerprint density at radius 1 is 0.966 bits per heavy atom. The van der Waals surface area contributed by atoms with Gasteiger partial charge in [-0.2, -0.15) is 0 Å². The van der Waals surface area contributed by atoms with Crippen molar-refractivity contribution in [3.05, 3.63) is 84.3 Å². The molecule has 0 aliphatic rings. The number of benzene rings is 2. The maximum absolute atomic E-state index is 12.7. The van der Waals surface area contributed by atoms with E-state index in [2.05, 4.69) is 20.6 Å². The van der Waals surface area contributed by atoms with Gasteiger partial charge < -0.3 is 20.4 Å². The molecule has 3 N–H and O–H groups in total. The first kappa shape index (κ1) is 18.2. The monoisotopic (exact) mass is 386 g/mol. The number of hydrogen-bond acceptors (Lipinski definition) is 4. The van der Waals surface area contributed by atoms with E-state index in [-0.39, 0.29) is 17.5 Å². The molecule has 0 spiro atoms. The largest absolute Gasteiger partial charge is 0.457 e. The molecule has 0 atom stereocenters. The van der Waals surface area contributed by atoms with Gasteiger partial charge in [0.1, 0.15) is 17.2 Å². The van der Waals surface area contributed by atoms with Gasteiger partial charge in [0.05, 0.1) is 11.2 Å². The van der Waals surface area contributed by atoms with E-state index in [1.165, 1.54) is 19.3 Å². The number of amides is 2. The Morgan fingerprint density at radius 2 is 1.79 bits per heavy atom. The van der Waals surface area contributed by atoms with Crippen LogP contribution in [0.15, 0.2) is 73.1 Å². The van der Waals surface area contributed by atoms with Gasteiger partial charge in [-0.15, -0.1) is 0 Å². The molecule has 7 nitrogen and oxygen atoms in total. The maximum Gasteiger partial charge on any atom is 0.269 e. The van der Waals surface area contributed by atoms with Crippen molar-refractivity contribution in [3.63, 3.8) is 0 Å². The van der Waals surface area contributed by atoms with Crippen LogP contribution in [0.2, 0.25) is 0 Å². The summed E-state index contributed by atoms with van der Waals surface area (Å²) in [7, 11) is 1.54. The Balaban J connectivity index is 1.53. The summed E-state index contributed by atoms with van der Waals surface area (Å²) in [5, 5.41) is 6.46. The lowest BCUT2D eigenvalue weighted by Gasteiger charge is -2.10. The third kappa shape index (κ3) is 3.93. The quantitative estimate of drug-likeness (QED) is 0.484. The molecular formula is C22H18N4O3. The van der Waals surface area contributed by atoms with Crippen LogP contribution in [0.5, 0.6) is 11.5 Å². The molecule has 4 rings (SSSR count). The van der Waals surface area contributed by atoms with Crippen molar-refractivity contribution >= 4 is 28.4 Å². The van der Waals surface area contributed by atoms with Crippen LogP contribution in [0.4, 0.5) is 5.69 Å². The smallest absolute Gasteiger partial charge is 0.269 e. The van der Waals surface area contributed by atoms with Gasteiger partial charge in [0.2, 0.25) is 0 Å². The van der Waals surface area contributed by atoms with Crippen LogP contribution in [0.1, 0.15) is 20.8 Å². The van der Waals surface area contributed by atoms with E-state index in [1.807, 2.05) is 30.5 Å². The topological polar surface area (TPSA) is 96.1 Å². The first-order valence-corrected chi connectivity index (χ1v) is 8.97. The number of pyridine rings is 1. The maximum atomic E-state index is 12.7. The molecule has 2 aromatic heterocycles. The van der Waals surface area contributed by atoms with E-state index in [0.717, 1.165) is 10.9 Å². The zero-order valence-electron chi connectivity index (χ0n) is 15.6. The highest BCUT2D eigenvalue weighted by Gasteiger charge is 2.11. The molecule has 2 amide bonds.